The fourth-order valence-corrected chi connectivity index (χ4v) is 5.12. The molecule has 0 radical (unpaired) electrons. The first-order valence-corrected chi connectivity index (χ1v) is 9.18. The van der Waals surface area contributed by atoms with Gasteiger partial charge in [0.2, 0.25) is 5.91 Å². The molecule has 0 spiro atoms. The highest BCUT2D eigenvalue weighted by Crippen LogP contribution is 2.25. The Balaban J connectivity index is 1.99. The Morgan fingerprint density at radius 3 is 2.76 bits per heavy atom. The fraction of sp³-hybridized carbons (Fsp3) is 0.455. The highest BCUT2D eigenvalue weighted by atomic mass is 79.9. The van der Waals surface area contributed by atoms with Crippen LogP contribution in [0.4, 0.5) is 0 Å². The number of carbonyl (C=O) groups is 2. The molecular formula is C11H13BrN2O5S2. The minimum absolute atomic E-state index is 0.0957. The summed E-state index contributed by atoms with van der Waals surface area (Å²) in [5.41, 5.74) is 0. The average Bonchev–Trinajstić information content (AvgIpc) is 3.04. The SMILES string of the molecule is O=C(O)[C@@H]1CCCN1C(=O)CNS(=O)(=O)c1ccc(Br)s1. The number of amides is 1. The highest BCUT2D eigenvalue weighted by molar-refractivity contribution is 9.11. The number of aliphatic carboxylic acids is 1. The quantitative estimate of drug-likeness (QED) is 0.767. The Labute approximate surface area is 134 Å². The van der Waals surface area contributed by atoms with Crippen molar-refractivity contribution in [2.45, 2.75) is 23.1 Å². The molecular weight excluding hydrogens is 384 g/mol. The number of nitrogens with one attached hydrogen (secondary N) is 1. The maximum Gasteiger partial charge on any atom is 0.326 e. The number of carbonyl (C=O) groups excluding carboxylic acids is 1. The van der Waals surface area contributed by atoms with Gasteiger partial charge < -0.3 is 10.0 Å². The molecule has 2 rings (SSSR count). The van der Waals surface area contributed by atoms with Gasteiger partial charge in [-0.2, -0.15) is 0 Å². The summed E-state index contributed by atoms with van der Waals surface area (Å²) in [5.74, 6) is -1.59. The molecule has 2 N–H and O–H groups in total. The Morgan fingerprint density at radius 2 is 2.19 bits per heavy atom. The van der Waals surface area contributed by atoms with Crippen LogP contribution < -0.4 is 4.72 Å². The number of hydrogen-bond acceptors (Lipinski definition) is 5. The van der Waals surface area contributed by atoms with Gasteiger partial charge in [-0.15, -0.1) is 11.3 Å². The number of thiophene rings is 1. The van der Waals surface area contributed by atoms with E-state index in [1.54, 1.807) is 6.07 Å². The van der Waals surface area contributed by atoms with Crippen LogP contribution in [-0.4, -0.2) is 49.4 Å². The molecule has 116 valence electrons. The van der Waals surface area contributed by atoms with Crippen molar-refractivity contribution in [3.63, 3.8) is 0 Å². The number of nitrogens with zero attached hydrogens (tertiary/aromatic N) is 1. The van der Waals surface area contributed by atoms with Crippen molar-refractivity contribution in [2.75, 3.05) is 13.1 Å². The van der Waals surface area contributed by atoms with Crippen LogP contribution in [0.3, 0.4) is 0 Å². The lowest BCUT2D eigenvalue weighted by Crippen LogP contribution is -2.45. The summed E-state index contributed by atoms with van der Waals surface area (Å²) in [7, 11) is -3.76. The second kappa shape index (κ2) is 6.42. The van der Waals surface area contributed by atoms with Crippen LogP contribution in [0.2, 0.25) is 0 Å². The molecule has 10 heteroatoms. The zero-order valence-electron chi connectivity index (χ0n) is 10.8. The van der Waals surface area contributed by atoms with E-state index in [2.05, 4.69) is 20.7 Å². The molecule has 1 amide bonds. The average molecular weight is 397 g/mol. The van der Waals surface area contributed by atoms with E-state index >= 15 is 0 Å². The van der Waals surface area contributed by atoms with E-state index in [4.69, 9.17) is 5.11 Å². The zero-order chi connectivity index (χ0) is 15.6. The van der Waals surface area contributed by atoms with Crippen LogP contribution in [0, 0.1) is 0 Å². The molecule has 0 bridgehead atoms. The van der Waals surface area contributed by atoms with Crippen molar-refractivity contribution in [3.05, 3.63) is 15.9 Å². The van der Waals surface area contributed by atoms with Gasteiger partial charge in [0, 0.05) is 6.54 Å². The summed E-state index contributed by atoms with van der Waals surface area (Å²) in [6.45, 7) is -0.107. The summed E-state index contributed by atoms with van der Waals surface area (Å²) in [6.07, 6.45) is 0.999. The van der Waals surface area contributed by atoms with Crippen LogP contribution in [0.5, 0.6) is 0 Å². The summed E-state index contributed by atoms with van der Waals surface area (Å²) in [6, 6.07) is 2.16. The number of rotatable bonds is 5. The Hall–Kier alpha value is -0.970. The van der Waals surface area contributed by atoms with Crippen molar-refractivity contribution >= 4 is 49.2 Å². The Morgan fingerprint density at radius 1 is 1.48 bits per heavy atom. The van der Waals surface area contributed by atoms with Crippen LogP contribution in [0.15, 0.2) is 20.1 Å². The van der Waals surface area contributed by atoms with E-state index in [0.29, 0.717) is 23.2 Å². The topological polar surface area (TPSA) is 104 Å². The van der Waals surface area contributed by atoms with Crippen molar-refractivity contribution < 1.29 is 23.1 Å². The molecule has 1 atom stereocenters. The van der Waals surface area contributed by atoms with Crippen LogP contribution in [0.25, 0.3) is 0 Å². The minimum Gasteiger partial charge on any atom is -0.480 e. The highest BCUT2D eigenvalue weighted by Gasteiger charge is 2.34. The summed E-state index contributed by atoms with van der Waals surface area (Å²) < 4.78 is 26.9. The van der Waals surface area contributed by atoms with Crippen LogP contribution in [0.1, 0.15) is 12.8 Å². The summed E-state index contributed by atoms with van der Waals surface area (Å²) in [4.78, 5) is 24.2. The van der Waals surface area contributed by atoms with E-state index in [1.807, 2.05) is 0 Å². The van der Waals surface area contributed by atoms with Crippen molar-refractivity contribution in [3.8, 4) is 0 Å². The predicted octanol–water partition coefficient (Wildman–Crippen LogP) is 0.864. The van der Waals surface area contributed by atoms with E-state index in [1.165, 1.54) is 11.0 Å². The number of carboxylic acid groups (broad SMARTS) is 1. The number of likely N-dealkylation sites (tertiary alicyclic amines) is 1. The first-order chi connectivity index (χ1) is 9.81. The molecule has 2 heterocycles. The molecule has 7 nitrogen and oxygen atoms in total. The molecule has 0 unspecified atom stereocenters. The third-order valence-corrected chi connectivity index (χ3v) is 6.60. The van der Waals surface area contributed by atoms with Gasteiger partial charge in [0.1, 0.15) is 10.3 Å². The predicted molar refractivity (Wildman–Crippen MR) is 79.6 cm³/mol. The third-order valence-electron chi connectivity index (χ3n) is 3.09. The number of halogens is 1. The van der Waals surface area contributed by atoms with Gasteiger partial charge in [0.05, 0.1) is 10.3 Å². The first kappa shape index (κ1) is 16.4. The molecule has 1 aromatic rings. The van der Waals surface area contributed by atoms with Crippen molar-refractivity contribution in [1.29, 1.82) is 0 Å². The minimum atomic E-state index is -3.76. The lowest BCUT2D eigenvalue weighted by atomic mass is 10.2. The molecule has 1 aromatic heterocycles. The van der Waals surface area contributed by atoms with Crippen molar-refractivity contribution in [2.24, 2.45) is 0 Å². The lowest BCUT2D eigenvalue weighted by molar-refractivity contribution is -0.147. The molecule has 1 aliphatic rings. The van der Waals surface area contributed by atoms with Crippen LogP contribution in [-0.2, 0) is 19.6 Å². The van der Waals surface area contributed by atoms with Crippen molar-refractivity contribution in [1.82, 2.24) is 9.62 Å². The van der Waals surface area contributed by atoms with E-state index in [0.717, 1.165) is 11.3 Å². The van der Waals surface area contributed by atoms with E-state index in [9.17, 15) is 18.0 Å². The third kappa shape index (κ3) is 3.82. The number of carboxylic acids is 1. The maximum atomic E-state index is 12.0. The zero-order valence-corrected chi connectivity index (χ0v) is 14.0. The lowest BCUT2D eigenvalue weighted by Gasteiger charge is -2.21. The first-order valence-electron chi connectivity index (χ1n) is 6.08. The van der Waals surface area contributed by atoms with Crippen LogP contribution >= 0.6 is 27.3 Å². The van der Waals surface area contributed by atoms with Gasteiger partial charge in [-0.1, -0.05) is 0 Å². The van der Waals surface area contributed by atoms with Gasteiger partial charge in [0.15, 0.2) is 0 Å². The molecule has 0 saturated carbocycles. The molecule has 21 heavy (non-hydrogen) atoms. The summed E-state index contributed by atoms with van der Waals surface area (Å²) >= 11 is 4.20. The maximum absolute atomic E-state index is 12.0. The Bertz CT molecular complexity index is 657. The van der Waals surface area contributed by atoms with Gasteiger partial charge in [0.25, 0.3) is 10.0 Å². The Kier molecular flexibility index (Phi) is 5.02. The number of hydrogen-bond donors (Lipinski definition) is 2. The molecule has 0 aliphatic carbocycles. The second-order valence-corrected chi connectivity index (χ2v) is 8.92. The smallest absolute Gasteiger partial charge is 0.326 e. The number of sulfonamides is 1. The largest absolute Gasteiger partial charge is 0.480 e. The monoisotopic (exact) mass is 396 g/mol. The van der Waals surface area contributed by atoms with E-state index in [-0.39, 0.29) is 4.21 Å². The normalized spacial score (nSPS) is 18.9. The summed E-state index contributed by atoms with van der Waals surface area (Å²) in [5, 5.41) is 9.01. The standard InChI is InChI=1S/C11H13BrN2O5S2/c12-8-3-4-10(20-8)21(18,19)13-6-9(15)14-5-1-2-7(14)11(16)17/h3-4,7,13H,1-2,5-6H2,(H,16,17)/t7-/m0/s1. The molecule has 1 aliphatic heterocycles. The molecule has 1 saturated heterocycles. The molecule has 0 aromatic carbocycles. The van der Waals surface area contributed by atoms with Gasteiger partial charge in [-0.05, 0) is 40.9 Å². The molecule has 1 fully saturated rings. The van der Waals surface area contributed by atoms with E-state index < -0.39 is 34.5 Å². The fourth-order valence-electron chi connectivity index (χ4n) is 2.09. The van der Waals surface area contributed by atoms with Gasteiger partial charge >= 0.3 is 5.97 Å². The second-order valence-electron chi connectivity index (χ2n) is 4.47. The van der Waals surface area contributed by atoms with Gasteiger partial charge in [-0.3, -0.25) is 4.79 Å². The van der Waals surface area contributed by atoms with Gasteiger partial charge in [-0.25, -0.2) is 17.9 Å².